The number of hydrogen-bond acceptors (Lipinski definition) is 3. The molecule has 3 rings (SSSR count). The van der Waals surface area contributed by atoms with Gasteiger partial charge in [-0.1, -0.05) is 84.5 Å². The van der Waals surface area contributed by atoms with Crippen molar-refractivity contribution in [2.45, 2.75) is 110 Å². The van der Waals surface area contributed by atoms with Gasteiger partial charge in [0, 0.05) is 18.0 Å². The van der Waals surface area contributed by atoms with E-state index >= 15 is 0 Å². The third kappa shape index (κ3) is 9.47. The first-order chi connectivity index (χ1) is 16.3. The highest BCUT2D eigenvalue weighted by molar-refractivity contribution is 5.55. The minimum atomic E-state index is 0.717. The van der Waals surface area contributed by atoms with Crippen LogP contribution < -0.4 is 4.74 Å². The molecule has 0 N–H and O–H groups in total. The molecule has 1 aromatic heterocycles. The number of aryl methyl sites for hydroxylation is 1. The van der Waals surface area contributed by atoms with Gasteiger partial charge < -0.3 is 4.74 Å². The van der Waals surface area contributed by atoms with E-state index in [-0.39, 0.29) is 0 Å². The molecule has 1 aromatic carbocycles. The molecular formula is C30H46N2O. The van der Waals surface area contributed by atoms with Crippen LogP contribution in [0.1, 0.15) is 109 Å². The van der Waals surface area contributed by atoms with Gasteiger partial charge in [-0.15, -0.1) is 0 Å². The number of benzene rings is 1. The van der Waals surface area contributed by atoms with Crippen molar-refractivity contribution < 1.29 is 4.74 Å². The van der Waals surface area contributed by atoms with Gasteiger partial charge in [0.2, 0.25) is 0 Å². The van der Waals surface area contributed by atoms with E-state index in [0.717, 1.165) is 36.1 Å². The Balaban J connectivity index is 1.35. The maximum atomic E-state index is 6.14. The number of ether oxygens (including phenoxy) is 1. The lowest BCUT2D eigenvalue weighted by Crippen LogP contribution is -2.20. The molecule has 0 bridgehead atoms. The highest BCUT2D eigenvalue weighted by Crippen LogP contribution is 2.32. The number of hydrogen-bond donors (Lipinski definition) is 0. The Labute approximate surface area is 202 Å². The molecule has 182 valence electrons. The first-order valence-electron chi connectivity index (χ1n) is 13.8. The lowest BCUT2D eigenvalue weighted by atomic mass is 9.80. The molecule has 0 radical (unpaired) electrons. The average Bonchev–Trinajstić information content (AvgIpc) is 2.87. The van der Waals surface area contributed by atoms with Gasteiger partial charge in [0.1, 0.15) is 5.75 Å². The van der Waals surface area contributed by atoms with Crippen molar-refractivity contribution in [2.24, 2.45) is 11.8 Å². The fourth-order valence-corrected chi connectivity index (χ4v) is 5.03. The first kappa shape index (κ1) is 25.7. The summed E-state index contributed by atoms with van der Waals surface area (Å²) in [4.78, 5) is 9.18. The number of unbranched alkanes of at least 4 members (excludes halogenated alkanes) is 7. The van der Waals surface area contributed by atoms with Crippen LogP contribution in [0.25, 0.3) is 11.4 Å². The molecule has 33 heavy (non-hydrogen) atoms. The van der Waals surface area contributed by atoms with Crippen LogP contribution in [0.5, 0.6) is 5.75 Å². The van der Waals surface area contributed by atoms with Crippen LogP contribution in [0.15, 0.2) is 36.7 Å². The third-order valence-electron chi connectivity index (χ3n) is 7.30. The SMILES string of the molecule is CCCCCCC[C@H]1CC[C@H](COc2ccc(-c3ncc(CCCCCC)cn3)cc2)CC1. The van der Waals surface area contributed by atoms with Crippen molar-refractivity contribution >= 4 is 0 Å². The van der Waals surface area contributed by atoms with E-state index in [1.54, 1.807) is 0 Å². The van der Waals surface area contributed by atoms with Gasteiger partial charge in [-0.05, 0) is 67.3 Å². The van der Waals surface area contributed by atoms with Crippen LogP contribution >= 0.6 is 0 Å². The summed E-state index contributed by atoms with van der Waals surface area (Å²) in [5.74, 6) is 3.44. The molecule has 0 aliphatic heterocycles. The van der Waals surface area contributed by atoms with Crippen LogP contribution in [0.4, 0.5) is 0 Å². The quantitative estimate of drug-likeness (QED) is 0.254. The summed E-state index contributed by atoms with van der Waals surface area (Å²) in [6.45, 7) is 5.39. The smallest absolute Gasteiger partial charge is 0.159 e. The summed E-state index contributed by atoms with van der Waals surface area (Å²) in [6, 6.07) is 8.31. The van der Waals surface area contributed by atoms with Gasteiger partial charge in [-0.3, -0.25) is 0 Å². The predicted molar refractivity (Wildman–Crippen MR) is 140 cm³/mol. The number of nitrogens with zero attached hydrogens (tertiary/aromatic N) is 2. The average molecular weight is 451 g/mol. The largest absolute Gasteiger partial charge is 0.493 e. The maximum absolute atomic E-state index is 6.14. The Morgan fingerprint density at radius 1 is 0.727 bits per heavy atom. The zero-order valence-corrected chi connectivity index (χ0v) is 21.2. The highest BCUT2D eigenvalue weighted by Gasteiger charge is 2.21. The zero-order chi connectivity index (χ0) is 23.1. The molecule has 1 aliphatic carbocycles. The Hall–Kier alpha value is -1.90. The van der Waals surface area contributed by atoms with Gasteiger partial charge in [0.05, 0.1) is 6.61 Å². The minimum absolute atomic E-state index is 0.717. The summed E-state index contributed by atoms with van der Waals surface area (Å²) in [5, 5.41) is 0. The van der Waals surface area contributed by atoms with Crippen molar-refractivity contribution in [3.63, 3.8) is 0 Å². The van der Waals surface area contributed by atoms with Crippen LogP contribution in [0.2, 0.25) is 0 Å². The molecule has 1 fully saturated rings. The van der Waals surface area contributed by atoms with Crippen LogP contribution in [0, 0.1) is 11.8 Å². The standard InChI is InChI=1S/C30H46N2O/c1-3-5-7-9-11-12-25-14-16-26(17-15-25)24-33-29-20-18-28(19-21-29)30-31-22-27(23-32-30)13-10-8-6-4-2/h18-23,25-26H,3-17,24H2,1-2H3/t25-,26-. The minimum Gasteiger partial charge on any atom is -0.493 e. The fraction of sp³-hybridized carbons (Fsp3) is 0.667. The van der Waals surface area contributed by atoms with E-state index in [0.29, 0.717) is 5.92 Å². The molecule has 1 heterocycles. The molecule has 0 atom stereocenters. The van der Waals surface area contributed by atoms with E-state index in [9.17, 15) is 0 Å². The summed E-state index contributed by atoms with van der Waals surface area (Å²) in [6.07, 6.45) is 24.1. The lowest BCUT2D eigenvalue weighted by Gasteiger charge is -2.28. The van der Waals surface area contributed by atoms with Gasteiger partial charge >= 0.3 is 0 Å². The lowest BCUT2D eigenvalue weighted by molar-refractivity contribution is 0.177. The Morgan fingerprint density at radius 3 is 2.00 bits per heavy atom. The van der Waals surface area contributed by atoms with Crippen molar-refractivity contribution in [1.82, 2.24) is 9.97 Å². The molecule has 1 aliphatic rings. The predicted octanol–water partition coefficient (Wildman–Crippen LogP) is 8.81. The van der Waals surface area contributed by atoms with Gasteiger partial charge in [-0.25, -0.2) is 9.97 Å². The molecule has 0 spiro atoms. The van der Waals surface area contributed by atoms with Gasteiger partial charge in [-0.2, -0.15) is 0 Å². The van der Waals surface area contributed by atoms with Crippen molar-refractivity contribution in [2.75, 3.05) is 6.61 Å². The maximum Gasteiger partial charge on any atom is 0.159 e. The Kier molecular flexibility index (Phi) is 11.8. The molecule has 2 aromatic rings. The molecular weight excluding hydrogens is 404 g/mol. The van der Waals surface area contributed by atoms with E-state index < -0.39 is 0 Å². The molecule has 3 heteroatoms. The first-order valence-corrected chi connectivity index (χ1v) is 13.8. The van der Waals surface area contributed by atoms with Crippen molar-refractivity contribution in [3.8, 4) is 17.1 Å². The molecule has 0 unspecified atom stereocenters. The molecule has 3 nitrogen and oxygen atoms in total. The van der Waals surface area contributed by atoms with E-state index in [4.69, 9.17) is 4.74 Å². The van der Waals surface area contributed by atoms with Gasteiger partial charge in [0.25, 0.3) is 0 Å². The Morgan fingerprint density at radius 2 is 1.33 bits per heavy atom. The number of rotatable bonds is 15. The van der Waals surface area contributed by atoms with E-state index in [2.05, 4.69) is 48.1 Å². The zero-order valence-electron chi connectivity index (χ0n) is 21.2. The van der Waals surface area contributed by atoms with Crippen LogP contribution in [-0.4, -0.2) is 16.6 Å². The normalized spacial score (nSPS) is 18.4. The Bertz CT molecular complexity index is 748. The summed E-state index contributed by atoms with van der Waals surface area (Å²) >= 11 is 0. The van der Waals surface area contributed by atoms with Crippen molar-refractivity contribution in [3.05, 3.63) is 42.2 Å². The second kappa shape index (κ2) is 15.1. The summed E-state index contributed by atoms with van der Waals surface area (Å²) in [5.41, 5.74) is 2.29. The highest BCUT2D eigenvalue weighted by atomic mass is 16.5. The monoisotopic (exact) mass is 450 g/mol. The topological polar surface area (TPSA) is 35.0 Å². The molecule has 0 amide bonds. The molecule has 0 saturated heterocycles. The third-order valence-corrected chi connectivity index (χ3v) is 7.30. The summed E-state index contributed by atoms with van der Waals surface area (Å²) in [7, 11) is 0. The van der Waals surface area contributed by atoms with Gasteiger partial charge in [0.15, 0.2) is 5.82 Å². The number of aromatic nitrogens is 2. The van der Waals surface area contributed by atoms with Crippen molar-refractivity contribution in [1.29, 1.82) is 0 Å². The second-order valence-electron chi connectivity index (χ2n) is 10.2. The van der Waals surface area contributed by atoms with E-state index in [1.165, 1.54) is 95.5 Å². The van der Waals surface area contributed by atoms with E-state index in [1.807, 2.05) is 12.4 Å². The fourth-order valence-electron chi connectivity index (χ4n) is 5.03. The van der Waals surface area contributed by atoms with Crippen LogP contribution in [0.3, 0.4) is 0 Å². The second-order valence-corrected chi connectivity index (χ2v) is 10.2. The summed E-state index contributed by atoms with van der Waals surface area (Å²) < 4.78 is 6.14. The van der Waals surface area contributed by atoms with Crippen LogP contribution in [-0.2, 0) is 6.42 Å². The molecule has 1 saturated carbocycles.